The number of Topliss-reactive ketones (excluding diaryl/α,β-unsaturated/α-hetero) is 1. The predicted octanol–water partition coefficient (Wildman–Crippen LogP) is 5.31. The molecule has 0 aromatic heterocycles. The Morgan fingerprint density at radius 1 is 0.893 bits per heavy atom. The lowest BCUT2D eigenvalue weighted by atomic mass is 10.2. The first-order valence-electron chi connectivity index (χ1n) is 9.01. The number of amides is 1. The van der Waals surface area contributed by atoms with E-state index in [9.17, 15) is 9.59 Å². The summed E-state index contributed by atoms with van der Waals surface area (Å²) in [5.74, 6) is 0.964. The Morgan fingerprint density at radius 2 is 1.61 bits per heavy atom. The van der Waals surface area contributed by atoms with Crippen molar-refractivity contribution in [3.05, 3.63) is 90.0 Å². The number of carbonyl (C=O) groups is 2. The summed E-state index contributed by atoms with van der Waals surface area (Å²) in [5, 5.41) is 2.87. The summed E-state index contributed by atoms with van der Waals surface area (Å²) in [6, 6.07) is 23.7. The molecule has 28 heavy (non-hydrogen) atoms. The minimum absolute atomic E-state index is 0.0647. The van der Waals surface area contributed by atoms with Gasteiger partial charge in [-0.25, -0.2) is 0 Å². The number of nitrogens with one attached hydrogen (secondary N) is 1. The highest BCUT2D eigenvalue weighted by molar-refractivity contribution is 8.00. The molecule has 3 rings (SSSR count). The molecule has 0 radical (unpaired) electrons. The second-order valence-electron chi connectivity index (χ2n) is 6.02. The fourth-order valence-corrected chi connectivity index (χ4v) is 3.44. The van der Waals surface area contributed by atoms with Gasteiger partial charge in [-0.1, -0.05) is 36.4 Å². The SMILES string of the molecule is CCOc1ccc(NC(=O)c2cccc(SCC(=O)c3ccccc3)c2)cc1. The van der Waals surface area contributed by atoms with Crippen LogP contribution in [-0.2, 0) is 0 Å². The van der Waals surface area contributed by atoms with Crippen LogP contribution in [-0.4, -0.2) is 24.1 Å². The zero-order valence-electron chi connectivity index (χ0n) is 15.6. The van der Waals surface area contributed by atoms with Crippen molar-refractivity contribution < 1.29 is 14.3 Å². The van der Waals surface area contributed by atoms with E-state index in [1.54, 1.807) is 24.3 Å². The molecule has 0 atom stereocenters. The van der Waals surface area contributed by atoms with Crippen molar-refractivity contribution in [2.24, 2.45) is 0 Å². The van der Waals surface area contributed by atoms with E-state index in [-0.39, 0.29) is 11.7 Å². The summed E-state index contributed by atoms with van der Waals surface area (Å²) in [4.78, 5) is 25.6. The molecule has 0 saturated heterocycles. The number of ether oxygens (including phenoxy) is 1. The van der Waals surface area contributed by atoms with Crippen molar-refractivity contribution >= 4 is 29.1 Å². The molecule has 0 aliphatic rings. The molecule has 0 fully saturated rings. The van der Waals surface area contributed by atoms with Crippen LogP contribution in [0.1, 0.15) is 27.6 Å². The fourth-order valence-electron chi connectivity index (χ4n) is 2.59. The van der Waals surface area contributed by atoms with Crippen LogP contribution in [0.4, 0.5) is 5.69 Å². The number of benzene rings is 3. The molecule has 142 valence electrons. The van der Waals surface area contributed by atoms with Crippen LogP contribution < -0.4 is 10.1 Å². The lowest BCUT2D eigenvalue weighted by molar-refractivity contribution is 0.101. The van der Waals surface area contributed by atoms with Crippen LogP contribution >= 0.6 is 11.8 Å². The number of anilines is 1. The van der Waals surface area contributed by atoms with Gasteiger partial charge in [-0.05, 0) is 49.4 Å². The Balaban J connectivity index is 1.60. The normalized spacial score (nSPS) is 10.3. The lowest BCUT2D eigenvalue weighted by Crippen LogP contribution is -2.11. The van der Waals surface area contributed by atoms with Crippen LogP contribution in [0.5, 0.6) is 5.75 Å². The number of thioether (sulfide) groups is 1. The first-order valence-corrected chi connectivity index (χ1v) is 9.99. The smallest absolute Gasteiger partial charge is 0.255 e. The van der Waals surface area contributed by atoms with Crippen molar-refractivity contribution in [3.63, 3.8) is 0 Å². The molecule has 0 heterocycles. The predicted molar refractivity (Wildman–Crippen MR) is 114 cm³/mol. The summed E-state index contributed by atoms with van der Waals surface area (Å²) in [7, 11) is 0. The quantitative estimate of drug-likeness (QED) is 0.417. The summed E-state index contributed by atoms with van der Waals surface area (Å²) in [6.45, 7) is 2.52. The van der Waals surface area contributed by atoms with Crippen molar-refractivity contribution in [3.8, 4) is 5.75 Å². The van der Waals surface area contributed by atoms with E-state index in [4.69, 9.17) is 4.74 Å². The van der Waals surface area contributed by atoms with Crippen molar-refractivity contribution in [1.29, 1.82) is 0 Å². The van der Waals surface area contributed by atoms with Gasteiger partial charge in [-0.3, -0.25) is 9.59 Å². The number of ketones is 1. The maximum absolute atomic E-state index is 12.5. The van der Waals surface area contributed by atoms with Gasteiger partial charge in [0.2, 0.25) is 0 Å². The van der Waals surface area contributed by atoms with Gasteiger partial charge in [0.25, 0.3) is 5.91 Å². The highest BCUT2D eigenvalue weighted by atomic mass is 32.2. The molecule has 0 aliphatic carbocycles. The van der Waals surface area contributed by atoms with Crippen molar-refractivity contribution in [1.82, 2.24) is 0 Å². The van der Waals surface area contributed by atoms with E-state index in [1.807, 2.05) is 61.5 Å². The third kappa shape index (κ3) is 5.47. The lowest BCUT2D eigenvalue weighted by Gasteiger charge is -2.08. The molecule has 3 aromatic rings. The second kappa shape index (κ2) is 9.76. The molecule has 4 nitrogen and oxygen atoms in total. The molecule has 0 spiro atoms. The van der Waals surface area contributed by atoms with E-state index in [0.717, 1.165) is 10.6 Å². The van der Waals surface area contributed by atoms with Gasteiger partial charge in [0.15, 0.2) is 5.78 Å². The summed E-state index contributed by atoms with van der Waals surface area (Å²) in [6.07, 6.45) is 0. The molecule has 5 heteroatoms. The van der Waals surface area contributed by atoms with E-state index in [1.165, 1.54) is 11.8 Å². The molecule has 0 saturated carbocycles. The molecule has 1 N–H and O–H groups in total. The van der Waals surface area contributed by atoms with Crippen molar-refractivity contribution in [2.45, 2.75) is 11.8 Å². The van der Waals surface area contributed by atoms with E-state index in [0.29, 0.717) is 29.2 Å². The summed E-state index contributed by atoms with van der Waals surface area (Å²) < 4.78 is 5.40. The van der Waals surface area contributed by atoms with Crippen LogP contribution in [0, 0.1) is 0 Å². The third-order valence-electron chi connectivity index (χ3n) is 3.99. The molecule has 3 aromatic carbocycles. The number of hydrogen-bond acceptors (Lipinski definition) is 4. The van der Waals surface area contributed by atoms with Gasteiger partial charge in [0.05, 0.1) is 12.4 Å². The largest absolute Gasteiger partial charge is 0.494 e. The Bertz CT molecular complexity index is 940. The Kier molecular flexibility index (Phi) is 6.87. The Morgan fingerprint density at radius 3 is 2.32 bits per heavy atom. The topological polar surface area (TPSA) is 55.4 Å². The fraction of sp³-hybridized carbons (Fsp3) is 0.130. The molecule has 0 bridgehead atoms. The standard InChI is InChI=1S/C23H21NO3S/c1-2-27-20-13-11-19(12-14-20)24-23(26)18-9-6-10-21(15-18)28-16-22(25)17-7-4-3-5-8-17/h3-15H,2,16H2,1H3,(H,24,26). The summed E-state index contributed by atoms with van der Waals surface area (Å²) >= 11 is 1.42. The van der Waals surface area contributed by atoms with Crippen LogP contribution in [0.25, 0.3) is 0 Å². The number of carbonyl (C=O) groups excluding carboxylic acids is 2. The zero-order chi connectivity index (χ0) is 19.8. The van der Waals surface area contributed by atoms with Gasteiger partial charge in [-0.15, -0.1) is 11.8 Å². The van der Waals surface area contributed by atoms with Gasteiger partial charge in [0.1, 0.15) is 5.75 Å². The van der Waals surface area contributed by atoms with Crippen LogP contribution in [0.2, 0.25) is 0 Å². The van der Waals surface area contributed by atoms with Crippen LogP contribution in [0.3, 0.4) is 0 Å². The zero-order valence-corrected chi connectivity index (χ0v) is 16.4. The number of rotatable bonds is 8. The molecular formula is C23H21NO3S. The van der Waals surface area contributed by atoms with Gasteiger partial charge >= 0.3 is 0 Å². The minimum Gasteiger partial charge on any atom is -0.494 e. The first kappa shape index (κ1) is 19.7. The average molecular weight is 391 g/mol. The molecule has 0 unspecified atom stereocenters. The molecule has 1 amide bonds. The Labute approximate surface area is 168 Å². The third-order valence-corrected chi connectivity index (χ3v) is 4.98. The van der Waals surface area contributed by atoms with E-state index >= 15 is 0 Å². The van der Waals surface area contributed by atoms with Gasteiger partial charge in [-0.2, -0.15) is 0 Å². The highest BCUT2D eigenvalue weighted by Gasteiger charge is 2.10. The Hall–Kier alpha value is -3.05. The highest BCUT2D eigenvalue weighted by Crippen LogP contribution is 2.22. The van der Waals surface area contributed by atoms with Gasteiger partial charge < -0.3 is 10.1 Å². The first-order chi connectivity index (χ1) is 13.7. The maximum Gasteiger partial charge on any atom is 0.255 e. The molecule has 0 aliphatic heterocycles. The monoisotopic (exact) mass is 391 g/mol. The van der Waals surface area contributed by atoms with Crippen molar-refractivity contribution in [2.75, 3.05) is 17.7 Å². The van der Waals surface area contributed by atoms with E-state index < -0.39 is 0 Å². The van der Waals surface area contributed by atoms with Gasteiger partial charge in [0, 0.05) is 21.7 Å². The van der Waals surface area contributed by atoms with Crippen LogP contribution in [0.15, 0.2) is 83.8 Å². The van der Waals surface area contributed by atoms with E-state index in [2.05, 4.69) is 5.32 Å². The minimum atomic E-state index is -0.194. The molecular weight excluding hydrogens is 370 g/mol. The average Bonchev–Trinajstić information content (AvgIpc) is 2.74. The summed E-state index contributed by atoms with van der Waals surface area (Å²) in [5.41, 5.74) is 1.94. The number of hydrogen-bond donors (Lipinski definition) is 1. The second-order valence-corrected chi connectivity index (χ2v) is 7.07. The maximum atomic E-state index is 12.5.